The zero-order valence-electron chi connectivity index (χ0n) is 16.1. The van der Waals surface area contributed by atoms with Crippen molar-refractivity contribution in [1.29, 1.82) is 0 Å². The average Bonchev–Trinajstić information content (AvgIpc) is 2.71. The summed E-state index contributed by atoms with van der Waals surface area (Å²) in [5.41, 5.74) is 2.16. The van der Waals surface area contributed by atoms with Crippen molar-refractivity contribution in [2.45, 2.75) is 23.7 Å². The van der Waals surface area contributed by atoms with Crippen molar-refractivity contribution >= 4 is 37.8 Å². The van der Waals surface area contributed by atoms with E-state index in [4.69, 9.17) is 0 Å². The Balaban J connectivity index is 1.74. The molecule has 150 valence electrons. The maximum absolute atomic E-state index is 13.2. The van der Waals surface area contributed by atoms with Crippen LogP contribution in [-0.2, 0) is 20.2 Å². The van der Waals surface area contributed by atoms with Gasteiger partial charge in [-0.2, -0.15) is 4.31 Å². The van der Waals surface area contributed by atoms with Crippen LogP contribution in [0.25, 0.3) is 6.08 Å². The van der Waals surface area contributed by atoms with E-state index in [-0.39, 0.29) is 29.7 Å². The molecule has 1 aliphatic carbocycles. The number of hydrogen-bond acceptors (Lipinski definition) is 3. The molecule has 0 aromatic heterocycles. The second-order valence-electron chi connectivity index (χ2n) is 7.67. The van der Waals surface area contributed by atoms with Crippen LogP contribution in [0.5, 0.6) is 0 Å². The van der Waals surface area contributed by atoms with Crippen molar-refractivity contribution < 1.29 is 13.2 Å². The molecule has 29 heavy (non-hydrogen) atoms. The van der Waals surface area contributed by atoms with Crippen LogP contribution in [0.4, 0.5) is 0 Å². The first kappa shape index (κ1) is 20.3. The summed E-state index contributed by atoms with van der Waals surface area (Å²) in [7, 11) is -3.63. The summed E-state index contributed by atoms with van der Waals surface area (Å²) in [6.45, 7) is 6.39. The van der Waals surface area contributed by atoms with Gasteiger partial charge in [0.25, 0.3) is 0 Å². The predicted octanol–water partition coefficient (Wildman–Crippen LogP) is 4.49. The summed E-state index contributed by atoms with van der Waals surface area (Å²) in [6.07, 6.45) is 5.61. The van der Waals surface area contributed by atoms with E-state index >= 15 is 0 Å². The Kier molecular flexibility index (Phi) is 5.13. The first-order chi connectivity index (χ1) is 13.8. The molecule has 1 spiro atoms. The monoisotopic (exact) mass is 471 g/mol. The highest BCUT2D eigenvalue weighted by Crippen LogP contribution is 2.47. The Morgan fingerprint density at radius 1 is 1.17 bits per heavy atom. The minimum atomic E-state index is -3.63. The van der Waals surface area contributed by atoms with Crippen LogP contribution in [0.1, 0.15) is 23.1 Å². The standard InChI is InChI=1S/C23H22BrNO3S/c1-3-18-15-25(29(27,28)20-9-4-16(2)5-10-20)13-12-23(18)21-14-19(24)8-6-17(21)7-11-22(23)26/h3-11,14,18H,1,12-13,15H2,2H3. The Morgan fingerprint density at radius 2 is 1.90 bits per heavy atom. The van der Waals surface area contributed by atoms with Gasteiger partial charge in [0.15, 0.2) is 5.78 Å². The fourth-order valence-electron chi connectivity index (χ4n) is 4.45. The molecule has 1 saturated heterocycles. The largest absolute Gasteiger partial charge is 0.294 e. The maximum Gasteiger partial charge on any atom is 0.243 e. The third-order valence-electron chi connectivity index (χ3n) is 6.08. The molecule has 2 aromatic rings. The van der Waals surface area contributed by atoms with Crippen LogP contribution < -0.4 is 0 Å². The van der Waals surface area contributed by atoms with Gasteiger partial charge in [-0.05, 0) is 54.8 Å². The summed E-state index contributed by atoms with van der Waals surface area (Å²) in [4.78, 5) is 13.4. The minimum Gasteiger partial charge on any atom is -0.294 e. The van der Waals surface area contributed by atoms with Gasteiger partial charge in [-0.3, -0.25) is 4.79 Å². The van der Waals surface area contributed by atoms with Crippen molar-refractivity contribution in [3.63, 3.8) is 0 Å². The van der Waals surface area contributed by atoms with Crippen molar-refractivity contribution in [1.82, 2.24) is 4.31 Å². The van der Waals surface area contributed by atoms with Crippen LogP contribution in [0.15, 0.2) is 70.6 Å². The lowest BCUT2D eigenvalue weighted by Crippen LogP contribution is -2.55. The number of carbonyl (C=O) groups is 1. The van der Waals surface area contributed by atoms with E-state index in [9.17, 15) is 13.2 Å². The van der Waals surface area contributed by atoms with E-state index in [2.05, 4.69) is 22.5 Å². The van der Waals surface area contributed by atoms with E-state index in [0.29, 0.717) is 6.42 Å². The molecule has 0 bridgehead atoms. The Morgan fingerprint density at radius 3 is 2.59 bits per heavy atom. The Labute approximate surface area is 180 Å². The second-order valence-corrected chi connectivity index (χ2v) is 10.5. The molecule has 4 nitrogen and oxygen atoms in total. The number of piperidine rings is 1. The van der Waals surface area contributed by atoms with Crippen LogP contribution in [-0.4, -0.2) is 31.6 Å². The SMILES string of the molecule is C=CC1CN(S(=O)(=O)c2ccc(C)cc2)CCC12C(=O)C=Cc1ccc(Br)cc12. The van der Waals surface area contributed by atoms with Gasteiger partial charge >= 0.3 is 0 Å². The van der Waals surface area contributed by atoms with Crippen LogP contribution >= 0.6 is 15.9 Å². The third kappa shape index (κ3) is 3.23. The molecule has 0 N–H and O–H groups in total. The van der Waals surface area contributed by atoms with E-state index in [1.165, 1.54) is 4.31 Å². The van der Waals surface area contributed by atoms with Gasteiger partial charge in [-0.1, -0.05) is 51.8 Å². The molecule has 2 atom stereocenters. The number of nitrogens with zero attached hydrogens (tertiary/aromatic N) is 1. The zero-order valence-corrected chi connectivity index (χ0v) is 18.5. The predicted molar refractivity (Wildman–Crippen MR) is 118 cm³/mol. The molecular weight excluding hydrogens is 450 g/mol. The van der Waals surface area contributed by atoms with E-state index in [1.54, 1.807) is 36.4 Å². The molecule has 4 rings (SSSR count). The third-order valence-corrected chi connectivity index (χ3v) is 8.45. The van der Waals surface area contributed by atoms with Crippen LogP contribution in [0.3, 0.4) is 0 Å². The fourth-order valence-corrected chi connectivity index (χ4v) is 6.28. The van der Waals surface area contributed by atoms with Crippen molar-refractivity contribution in [2.75, 3.05) is 13.1 Å². The average molecular weight is 472 g/mol. The normalized spacial score (nSPS) is 24.5. The summed E-state index contributed by atoms with van der Waals surface area (Å²) in [5.74, 6) is -0.303. The van der Waals surface area contributed by atoms with Gasteiger partial charge in [0.2, 0.25) is 10.0 Å². The number of sulfonamides is 1. The number of halogens is 1. The molecule has 0 saturated carbocycles. The molecule has 0 amide bonds. The summed E-state index contributed by atoms with van der Waals surface area (Å²) in [5, 5.41) is 0. The Bertz CT molecular complexity index is 1120. The first-order valence-electron chi connectivity index (χ1n) is 9.51. The second kappa shape index (κ2) is 7.35. The van der Waals surface area contributed by atoms with E-state index < -0.39 is 15.4 Å². The number of allylic oxidation sites excluding steroid dienone is 1. The van der Waals surface area contributed by atoms with E-state index in [0.717, 1.165) is 21.2 Å². The lowest BCUT2D eigenvalue weighted by atomic mass is 9.61. The molecule has 1 aliphatic heterocycles. The van der Waals surface area contributed by atoms with Crippen molar-refractivity contribution in [3.8, 4) is 0 Å². The highest BCUT2D eigenvalue weighted by atomic mass is 79.9. The molecule has 1 heterocycles. The summed E-state index contributed by atoms with van der Waals surface area (Å²) in [6, 6.07) is 12.8. The number of aryl methyl sites for hydroxylation is 1. The molecule has 6 heteroatoms. The number of rotatable bonds is 3. The quantitative estimate of drug-likeness (QED) is 0.619. The van der Waals surface area contributed by atoms with E-state index in [1.807, 2.05) is 31.2 Å². The lowest BCUT2D eigenvalue weighted by Gasteiger charge is -2.47. The number of ketones is 1. The summed E-state index contributed by atoms with van der Waals surface area (Å²) >= 11 is 3.51. The highest BCUT2D eigenvalue weighted by molar-refractivity contribution is 9.10. The van der Waals surface area contributed by atoms with Gasteiger partial charge < -0.3 is 0 Å². The number of hydrogen-bond donors (Lipinski definition) is 0. The van der Waals surface area contributed by atoms with Crippen LogP contribution in [0.2, 0.25) is 0 Å². The fraction of sp³-hybridized carbons (Fsp3) is 0.261. The van der Waals surface area contributed by atoms with Crippen molar-refractivity contribution in [3.05, 3.63) is 82.4 Å². The van der Waals surface area contributed by atoms with Crippen molar-refractivity contribution in [2.24, 2.45) is 5.92 Å². The van der Waals surface area contributed by atoms with Gasteiger partial charge in [0.1, 0.15) is 0 Å². The summed E-state index contributed by atoms with van der Waals surface area (Å²) < 4.78 is 28.8. The molecule has 2 aromatic carbocycles. The van der Waals surface area contributed by atoms with Gasteiger partial charge in [-0.15, -0.1) is 6.58 Å². The number of fused-ring (bicyclic) bond motifs is 2. The van der Waals surface area contributed by atoms with Crippen LogP contribution in [0, 0.1) is 12.8 Å². The molecule has 1 fully saturated rings. The topological polar surface area (TPSA) is 54.5 Å². The lowest BCUT2D eigenvalue weighted by molar-refractivity contribution is -0.122. The smallest absolute Gasteiger partial charge is 0.243 e. The van der Waals surface area contributed by atoms with Gasteiger partial charge in [-0.25, -0.2) is 8.42 Å². The molecule has 2 unspecified atom stereocenters. The zero-order chi connectivity index (χ0) is 20.8. The highest BCUT2D eigenvalue weighted by Gasteiger charge is 2.51. The Hall–Kier alpha value is -2.02. The maximum atomic E-state index is 13.2. The molecular formula is C23H22BrNO3S. The minimum absolute atomic E-state index is 0.0142. The van der Waals surface area contributed by atoms with Gasteiger partial charge in [0, 0.05) is 23.5 Å². The number of benzene rings is 2. The van der Waals surface area contributed by atoms with Gasteiger partial charge in [0.05, 0.1) is 10.3 Å². The molecule has 2 aliphatic rings. The number of carbonyl (C=O) groups excluding carboxylic acids is 1. The molecule has 0 radical (unpaired) electrons. The first-order valence-corrected chi connectivity index (χ1v) is 11.7.